The molecule has 1 aromatic rings. The van der Waals surface area contributed by atoms with Gasteiger partial charge < -0.3 is 9.84 Å². The standard InChI is InChI=1S/C12H20O2S/c1-3-4-12(14-2)11(13)6-5-10-7-8-15-9-10/h7-9,11-13H,3-6H2,1-2H3. The topological polar surface area (TPSA) is 29.5 Å². The van der Waals surface area contributed by atoms with Crippen LogP contribution >= 0.6 is 11.3 Å². The van der Waals surface area contributed by atoms with E-state index in [-0.39, 0.29) is 12.2 Å². The Morgan fingerprint density at radius 3 is 2.80 bits per heavy atom. The molecule has 0 bridgehead atoms. The Morgan fingerprint density at radius 1 is 1.47 bits per heavy atom. The van der Waals surface area contributed by atoms with Crippen LogP contribution in [0.5, 0.6) is 0 Å². The van der Waals surface area contributed by atoms with Gasteiger partial charge in [0.2, 0.25) is 0 Å². The lowest BCUT2D eigenvalue weighted by atomic mass is 10.0. The van der Waals surface area contributed by atoms with Crippen LogP contribution in [0.25, 0.3) is 0 Å². The van der Waals surface area contributed by atoms with Crippen LogP contribution in [-0.4, -0.2) is 24.4 Å². The van der Waals surface area contributed by atoms with Crippen LogP contribution in [0.1, 0.15) is 31.7 Å². The van der Waals surface area contributed by atoms with Crippen LogP contribution < -0.4 is 0 Å². The molecule has 2 unspecified atom stereocenters. The number of hydrogen-bond donors (Lipinski definition) is 1. The molecule has 0 spiro atoms. The second kappa shape index (κ2) is 6.99. The SMILES string of the molecule is CCCC(OC)C(O)CCc1ccsc1. The molecule has 86 valence electrons. The summed E-state index contributed by atoms with van der Waals surface area (Å²) in [5.74, 6) is 0. The highest BCUT2D eigenvalue weighted by atomic mass is 32.1. The minimum Gasteiger partial charge on any atom is -0.390 e. The normalized spacial score (nSPS) is 15.1. The van der Waals surface area contributed by atoms with Gasteiger partial charge in [0, 0.05) is 7.11 Å². The summed E-state index contributed by atoms with van der Waals surface area (Å²) in [6.07, 6.45) is 3.36. The largest absolute Gasteiger partial charge is 0.390 e. The highest BCUT2D eigenvalue weighted by Crippen LogP contribution is 2.14. The van der Waals surface area contributed by atoms with Gasteiger partial charge in [-0.1, -0.05) is 13.3 Å². The Labute approximate surface area is 95.9 Å². The van der Waals surface area contributed by atoms with E-state index in [1.54, 1.807) is 18.4 Å². The van der Waals surface area contributed by atoms with E-state index in [1.165, 1.54) is 5.56 Å². The maximum atomic E-state index is 9.92. The first-order chi connectivity index (χ1) is 7.27. The zero-order chi connectivity index (χ0) is 11.1. The zero-order valence-corrected chi connectivity index (χ0v) is 10.3. The smallest absolute Gasteiger partial charge is 0.0830 e. The van der Waals surface area contributed by atoms with Crippen molar-refractivity contribution in [1.82, 2.24) is 0 Å². The van der Waals surface area contributed by atoms with Crippen molar-refractivity contribution in [2.45, 2.75) is 44.8 Å². The highest BCUT2D eigenvalue weighted by molar-refractivity contribution is 7.07. The number of aliphatic hydroxyl groups excluding tert-OH is 1. The van der Waals surface area contributed by atoms with Crippen molar-refractivity contribution in [2.75, 3.05) is 7.11 Å². The van der Waals surface area contributed by atoms with Crippen molar-refractivity contribution in [3.63, 3.8) is 0 Å². The fourth-order valence-electron chi connectivity index (χ4n) is 1.69. The molecule has 3 heteroatoms. The average molecular weight is 228 g/mol. The summed E-state index contributed by atoms with van der Waals surface area (Å²) >= 11 is 1.70. The maximum Gasteiger partial charge on any atom is 0.0830 e. The molecule has 0 amide bonds. The van der Waals surface area contributed by atoms with Crippen molar-refractivity contribution < 1.29 is 9.84 Å². The first-order valence-corrected chi connectivity index (χ1v) is 6.44. The molecule has 2 atom stereocenters. The molecule has 0 saturated heterocycles. The zero-order valence-electron chi connectivity index (χ0n) is 9.48. The third-order valence-corrected chi connectivity index (χ3v) is 3.35. The molecule has 0 aromatic carbocycles. The molecule has 1 aromatic heterocycles. The lowest BCUT2D eigenvalue weighted by Crippen LogP contribution is -2.28. The predicted molar refractivity (Wildman–Crippen MR) is 64.4 cm³/mol. The van der Waals surface area contributed by atoms with Gasteiger partial charge in [-0.2, -0.15) is 11.3 Å². The molecule has 2 nitrogen and oxygen atoms in total. The Balaban J connectivity index is 2.30. The van der Waals surface area contributed by atoms with Crippen LogP contribution in [0.4, 0.5) is 0 Å². The van der Waals surface area contributed by atoms with E-state index in [1.807, 2.05) is 0 Å². The lowest BCUT2D eigenvalue weighted by molar-refractivity contribution is -0.0199. The fraction of sp³-hybridized carbons (Fsp3) is 0.667. The number of thiophene rings is 1. The van der Waals surface area contributed by atoms with Gasteiger partial charge in [0.1, 0.15) is 0 Å². The number of rotatable bonds is 7. The number of methoxy groups -OCH3 is 1. The van der Waals surface area contributed by atoms with E-state index < -0.39 is 0 Å². The molecular weight excluding hydrogens is 208 g/mol. The van der Waals surface area contributed by atoms with Gasteiger partial charge in [0.25, 0.3) is 0 Å². The van der Waals surface area contributed by atoms with Crippen molar-refractivity contribution >= 4 is 11.3 Å². The lowest BCUT2D eigenvalue weighted by Gasteiger charge is -2.20. The summed E-state index contributed by atoms with van der Waals surface area (Å²) in [5.41, 5.74) is 1.31. The van der Waals surface area contributed by atoms with Crippen LogP contribution in [-0.2, 0) is 11.2 Å². The van der Waals surface area contributed by atoms with E-state index in [9.17, 15) is 5.11 Å². The molecule has 1 N–H and O–H groups in total. The van der Waals surface area contributed by atoms with Gasteiger partial charge in [-0.25, -0.2) is 0 Å². The minimum absolute atomic E-state index is 0.00589. The van der Waals surface area contributed by atoms with Crippen LogP contribution in [0.15, 0.2) is 16.8 Å². The number of aryl methyl sites for hydroxylation is 1. The summed E-state index contributed by atoms with van der Waals surface area (Å²) in [6.45, 7) is 2.11. The van der Waals surface area contributed by atoms with E-state index in [4.69, 9.17) is 4.74 Å². The predicted octanol–water partition coefficient (Wildman–Crippen LogP) is 2.86. The van der Waals surface area contributed by atoms with E-state index >= 15 is 0 Å². The Morgan fingerprint density at radius 2 is 2.27 bits per heavy atom. The monoisotopic (exact) mass is 228 g/mol. The Bertz CT molecular complexity index is 246. The molecule has 1 rings (SSSR count). The van der Waals surface area contributed by atoms with Crippen LogP contribution in [0, 0.1) is 0 Å². The van der Waals surface area contributed by atoms with Gasteiger partial charge >= 0.3 is 0 Å². The van der Waals surface area contributed by atoms with E-state index in [0.717, 1.165) is 25.7 Å². The molecule has 0 saturated carbocycles. The van der Waals surface area contributed by atoms with E-state index in [0.29, 0.717) is 0 Å². The first-order valence-electron chi connectivity index (χ1n) is 5.49. The second-order valence-electron chi connectivity index (χ2n) is 3.80. The molecule has 0 aliphatic rings. The van der Waals surface area contributed by atoms with Gasteiger partial charge in [0.15, 0.2) is 0 Å². The quantitative estimate of drug-likeness (QED) is 0.777. The Hall–Kier alpha value is -0.380. The summed E-state index contributed by atoms with van der Waals surface area (Å²) in [5, 5.41) is 14.1. The summed E-state index contributed by atoms with van der Waals surface area (Å²) in [4.78, 5) is 0. The van der Waals surface area contributed by atoms with Gasteiger partial charge in [-0.15, -0.1) is 0 Å². The minimum atomic E-state index is -0.338. The van der Waals surface area contributed by atoms with Crippen molar-refractivity contribution in [3.8, 4) is 0 Å². The second-order valence-corrected chi connectivity index (χ2v) is 4.58. The van der Waals surface area contributed by atoms with E-state index in [2.05, 4.69) is 23.8 Å². The summed E-state index contributed by atoms with van der Waals surface area (Å²) in [7, 11) is 1.67. The van der Waals surface area contributed by atoms with Gasteiger partial charge in [0.05, 0.1) is 12.2 Å². The Kier molecular flexibility index (Phi) is 5.91. The van der Waals surface area contributed by atoms with Crippen LogP contribution in [0.3, 0.4) is 0 Å². The third kappa shape index (κ3) is 4.33. The third-order valence-electron chi connectivity index (χ3n) is 2.61. The fourth-order valence-corrected chi connectivity index (χ4v) is 2.39. The molecule has 1 heterocycles. The van der Waals surface area contributed by atoms with Gasteiger partial charge in [-0.3, -0.25) is 0 Å². The van der Waals surface area contributed by atoms with Crippen molar-refractivity contribution in [1.29, 1.82) is 0 Å². The van der Waals surface area contributed by atoms with Crippen molar-refractivity contribution in [2.24, 2.45) is 0 Å². The molecule has 0 fully saturated rings. The first kappa shape index (κ1) is 12.7. The summed E-state index contributed by atoms with van der Waals surface area (Å²) in [6, 6.07) is 2.11. The maximum absolute atomic E-state index is 9.92. The van der Waals surface area contributed by atoms with Crippen molar-refractivity contribution in [3.05, 3.63) is 22.4 Å². The summed E-state index contributed by atoms with van der Waals surface area (Å²) < 4.78 is 5.28. The van der Waals surface area contributed by atoms with Crippen LogP contribution in [0.2, 0.25) is 0 Å². The highest BCUT2D eigenvalue weighted by Gasteiger charge is 2.17. The molecule has 0 aliphatic heterocycles. The number of aliphatic hydroxyl groups is 1. The molecular formula is C12H20O2S. The number of hydrogen-bond acceptors (Lipinski definition) is 3. The molecule has 0 aliphatic carbocycles. The molecule has 0 radical (unpaired) electrons. The average Bonchev–Trinajstić information content (AvgIpc) is 2.75. The van der Waals surface area contributed by atoms with Gasteiger partial charge in [-0.05, 0) is 41.7 Å². The number of ether oxygens (including phenoxy) is 1. The molecule has 15 heavy (non-hydrogen) atoms.